The molecule has 0 atom stereocenters. The van der Waals surface area contributed by atoms with Crippen LogP contribution < -0.4 is 11.1 Å². The number of aromatic nitrogens is 2. The van der Waals surface area contributed by atoms with Crippen LogP contribution in [0.15, 0.2) is 42.9 Å². The molecule has 0 unspecified atom stereocenters. The molecule has 0 aliphatic heterocycles. The molecular formula is C14H12N4O. The molecule has 1 aromatic carbocycles. The fourth-order valence-corrected chi connectivity index (χ4v) is 1.45. The number of amides is 1. The summed E-state index contributed by atoms with van der Waals surface area (Å²) in [6, 6.07) is 7.25. The second-order valence-corrected chi connectivity index (χ2v) is 3.60. The van der Waals surface area contributed by atoms with Gasteiger partial charge in [0.05, 0.1) is 18.4 Å². The molecule has 0 fully saturated rings. The van der Waals surface area contributed by atoms with Gasteiger partial charge in [-0.25, -0.2) is 4.98 Å². The van der Waals surface area contributed by atoms with Crippen LogP contribution in [0, 0.1) is 11.8 Å². The number of anilines is 1. The van der Waals surface area contributed by atoms with Crippen molar-refractivity contribution in [2.45, 2.75) is 0 Å². The van der Waals surface area contributed by atoms with Crippen molar-refractivity contribution in [1.29, 1.82) is 0 Å². The largest absolute Gasteiger partial charge is 0.320 e. The van der Waals surface area contributed by atoms with Gasteiger partial charge in [-0.3, -0.25) is 9.78 Å². The van der Waals surface area contributed by atoms with Crippen LogP contribution in [0.4, 0.5) is 5.69 Å². The van der Waals surface area contributed by atoms with E-state index in [1.165, 1.54) is 18.6 Å². The first-order chi connectivity index (χ1) is 9.31. The Morgan fingerprint density at radius 2 is 2.16 bits per heavy atom. The van der Waals surface area contributed by atoms with E-state index in [4.69, 9.17) is 5.73 Å². The van der Waals surface area contributed by atoms with E-state index in [9.17, 15) is 4.79 Å². The van der Waals surface area contributed by atoms with Crippen molar-refractivity contribution >= 4 is 11.6 Å². The lowest BCUT2D eigenvalue weighted by atomic mass is 10.2. The normalized spacial score (nSPS) is 9.32. The maximum atomic E-state index is 12.0. The Hall–Kier alpha value is -2.71. The molecule has 2 aromatic rings. The SMILES string of the molecule is NCC#Cc1ccccc1NC(=O)c1cnccn1. The van der Waals surface area contributed by atoms with E-state index < -0.39 is 0 Å². The number of nitrogens with zero attached hydrogens (tertiary/aromatic N) is 2. The molecule has 2 rings (SSSR count). The number of carbonyl (C=O) groups is 1. The minimum Gasteiger partial charge on any atom is -0.320 e. The van der Waals surface area contributed by atoms with E-state index in [0.29, 0.717) is 11.3 Å². The summed E-state index contributed by atoms with van der Waals surface area (Å²) in [6.45, 7) is 0.270. The van der Waals surface area contributed by atoms with Gasteiger partial charge in [0, 0.05) is 18.0 Å². The molecule has 0 bridgehead atoms. The molecule has 0 saturated carbocycles. The summed E-state index contributed by atoms with van der Waals surface area (Å²) in [5.41, 5.74) is 6.93. The standard InChI is InChI=1S/C14H12N4O/c15-7-3-5-11-4-1-2-6-12(11)18-14(19)13-10-16-8-9-17-13/h1-2,4,6,8-10H,7,15H2,(H,18,19). The van der Waals surface area contributed by atoms with Crippen LogP contribution in [-0.4, -0.2) is 22.4 Å². The Bertz CT molecular complexity index is 629. The van der Waals surface area contributed by atoms with Crippen LogP contribution in [0.3, 0.4) is 0 Å². The molecule has 5 heteroatoms. The first kappa shape index (κ1) is 12.7. The minimum absolute atomic E-state index is 0.254. The number of hydrogen-bond acceptors (Lipinski definition) is 4. The fourth-order valence-electron chi connectivity index (χ4n) is 1.45. The molecule has 19 heavy (non-hydrogen) atoms. The maximum Gasteiger partial charge on any atom is 0.275 e. The van der Waals surface area contributed by atoms with E-state index in [0.717, 1.165) is 0 Å². The molecule has 0 aliphatic rings. The summed E-state index contributed by atoms with van der Waals surface area (Å²) in [5.74, 6) is 5.34. The summed E-state index contributed by atoms with van der Waals surface area (Å²) < 4.78 is 0. The number of carbonyl (C=O) groups excluding carboxylic acids is 1. The zero-order valence-electron chi connectivity index (χ0n) is 10.1. The molecule has 0 saturated heterocycles. The second-order valence-electron chi connectivity index (χ2n) is 3.60. The Labute approximate surface area is 110 Å². The van der Waals surface area contributed by atoms with Gasteiger partial charge >= 0.3 is 0 Å². The van der Waals surface area contributed by atoms with Gasteiger partial charge in [-0.2, -0.15) is 0 Å². The molecular weight excluding hydrogens is 240 g/mol. The second kappa shape index (κ2) is 6.28. The van der Waals surface area contributed by atoms with Crippen molar-refractivity contribution in [2.75, 3.05) is 11.9 Å². The van der Waals surface area contributed by atoms with E-state index in [1.54, 1.807) is 6.07 Å². The predicted molar refractivity (Wildman–Crippen MR) is 72.4 cm³/mol. The molecule has 0 radical (unpaired) electrons. The molecule has 0 aliphatic carbocycles. The minimum atomic E-state index is -0.324. The molecule has 5 nitrogen and oxygen atoms in total. The highest BCUT2D eigenvalue weighted by atomic mass is 16.1. The number of hydrogen-bond donors (Lipinski definition) is 2. The topological polar surface area (TPSA) is 80.9 Å². The lowest BCUT2D eigenvalue weighted by Crippen LogP contribution is -2.14. The summed E-state index contributed by atoms with van der Waals surface area (Å²) in [6.07, 6.45) is 4.38. The van der Waals surface area contributed by atoms with Crippen molar-refractivity contribution < 1.29 is 4.79 Å². The zero-order chi connectivity index (χ0) is 13.5. The zero-order valence-corrected chi connectivity index (χ0v) is 10.1. The highest BCUT2D eigenvalue weighted by molar-refractivity contribution is 6.03. The van der Waals surface area contributed by atoms with Crippen molar-refractivity contribution in [3.63, 3.8) is 0 Å². The van der Waals surface area contributed by atoms with Crippen LogP contribution >= 0.6 is 0 Å². The maximum absolute atomic E-state index is 12.0. The Morgan fingerprint density at radius 3 is 2.89 bits per heavy atom. The van der Waals surface area contributed by atoms with E-state index >= 15 is 0 Å². The first-order valence-electron chi connectivity index (χ1n) is 5.66. The van der Waals surface area contributed by atoms with E-state index in [2.05, 4.69) is 27.1 Å². The van der Waals surface area contributed by atoms with Gasteiger partial charge in [0.15, 0.2) is 0 Å². The smallest absolute Gasteiger partial charge is 0.275 e. The summed E-state index contributed by atoms with van der Waals surface area (Å²) in [7, 11) is 0. The van der Waals surface area contributed by atoms with Gasteiger partial charge in [0.1, 0.15) is 5.69 Å². The average molecular weight is 252 g/mol. The molecule has 3 N–H and O–H groups in total. The Kier molecular flexibility index (Phi) is 4.21. The number of nitrogens with one attached hydrogen (secondary N) is 1. The van der Waals surface area contributed by atoms with Crippen LogP contribution in [0.5, 0.6) is 0 Å². The van der Waals surface area contributed by atoms with Crippen LogP contribution in [0.25, 0.3) is 0 Å². The number of para-hydroxylation sites is 1. The van der Waals surface area contributed by atoms with E-state index in [1.807, 2.05) is 18.2 Å². The number of benzene rings is 1. The van der Waals surface area contributed by atoms with Gasteiger partial charge in [0.25, 0.3) is 5.91 Å². The summed E-state index contributed by atoms with van der Waals surface area (Å²) in [5, 5.41) is 2.75. The van der Waals surface area contributed by atoms with Crippen molar-refractivity contribution in [1.82, 2.24) is 9.97 Å². The third kappa shape index (κ3) is 3.37. The molecule has 0 spiro atoms. The van der Waals surface area contributed by atoms with Gasteiger partial charge in [-0.05, 0) is 12.1 Å². The molecule has 94 valence electrons. The fraction of sp³-hybridized carbons (Fsp3) is 0.0714. The monoisotopic (exact) mass is 252 g/mol. The van der Waals surface area contributed by atoms with Crippen LogP contribution in [0.2, 0.25) is 0 Å². The highest BCUT2D eigenvalue weighted by Crippen LogP contribution is 2.14. The molecule has 1 heterocycles. The van der Waals surface area contributed by atoms with Crippen LogP contribution in [0.1, 0.15) is 16.1 Å². The van der Waals surface area contributed by atoms with E-state index in [-0.39, 0.29) is 18.1 Å². The number of rotatable bonds is 2. The van der Waals surface area contributed by atoms with Gasteiger partial charge in [0.2, 0.25) is 0 Å². The summed E-state index contributed by atoms with van der Waals surface area (Å²) in [4.78, 5) is 19.7. The summed E-state index contributed by atoms with van der Waals surface area (Å²) >= 11 is 0. The number of nitrogens with two attached hydrogens (primary N) is 1. The first-order valence-corrected chi connectivity index (χ1v) is 5.66. The lowest BCUT2D eigenvalue weighted by molar-refractivity contribution is 0.102. The highest BCUT2D eigenvalue weighted by Gasteiger charge is 2.08. The lowest BCUT2D eigenvalue weighted by Gasteiger charge is -2.06. The van der Waals surface area contributed by atoms with Gasteiger partial charge < -0.3 is 11.1 Å². The Morgan fingerprint density at radius 1 is 1.32 bits per heavy atom. The Balaban J connectivity index is 2.22. The third-order valence-electron chi connectivity index (χ3n) is 2.30. The molecule has 1 aromatic heterocycles. The average Bonchev–Trinajstić information content (AvgIpc) is 2.47. The predicted octanol–water partition coefficient (Wildman–Crippen LogP) is 1.04. The third-order valence-corrected chi connectivity index (χ3v) is 2.30. The van der Waals surface area contributed by atoms with Crippen molar-refractivity contribution in [2.24, 2.45) is 5.73 Å². The van der Waals surface area contributed by atoms with Gasteiger partial charge in [-0.15, -0.1) is 0 Å². The van der Waals surface area contributed by atoms with Gasteiger partial charge in [-0.1, -0.05) is 24.0 Å². The van der Waals surface area contributed by atoms with Crippen molar-refractivity contribution in [3.8, 4) is 11.8 Å². The van der Waals surface area contributed by atoms with Crippen molar-refractivity contribution in [3.05, 3.63) is 54.1 Å². The van der Waals surface area contributed by atoms with Crippen LogP contribution in [-0.2, 0) is 0 Å². The quantitative estimate of drug-likeness (QED) is 0.782. The molecule has 1 amide bonds.